The van der Waals surface area contributed by atoms with E-state index in [0.29, 0.717) is 24.3 Å². The highest BCUT2D eigenvalue weighted by Crippen LogP contribution is 2.19. The fourth-order valence-electron chi connectivity index (χ4n) is 1.48. The topological polar surface area (TPSA) is 102 Å². The van der Waals surface area contributed by atoms with Crippen LogP contribution in [0.2, 0.25) is 0 Å². The number of aryl methyl sites for hydroxylation is 1. The zero-order valence-electron chi connectivity index (χ0n) is 11.0. The van der Waals surface area contributed by atoms with Crippen molar-refractivity contribution in [3.8, 4) is 5.75 Å². The van der Waals surface area contributed by atoms with Crippen LogP contribution >= 0.6 is 0 Å². The Balaban J connectivity index is 2.68. The molecule has 106 valence electrons. The maximum atomic E-state index is 11.0. The second-order valence-electron chi connectivity index (χ2n) is 4.30. The number of ether oxygens (including phenoxy) is 1. The minimum absolute atomic E-state index is 0.000913. The monoisotopic (exact) mass is 286 g/mol. The summed E-state index contributed by atoms with van der Waals surface area (Å²) in [6.45, 7) is 2.16. The van der Waals surface area contributed by atoms with Crippen LogP contribution in [0.1, 0.15) is 17.5 Å². The number of nitrogens with two attached hydrogens (primary N) is 1. The molecule has 0 aliphatic heterocycles. The van der Waals surface area contributed by atoms with Crippen molar-refractivity contribution in [2.24, 2.45) is 10.9 Å². The minimum atomic E-state index is -2.97. The summed E-state index contributed by atoms with van der Waals surface area (Å²) in [6.07, 6.45) is 1.61. The SMILES string of the molecule is Cc1ccc(/C(N)=N/O)cc1OCCCS(C)(=O)=O. The molecule has 0 aliphatic rings. The van der Waals surface area contributed by atoms with Crippen molar-refractivity contribution < 1.29 is 18.4 Å². The third kappa shape index (κ3) is 5.17. The van der Waals surface area contributed by atoms with Crippen molar-refractivity contribution in [3.05, 3.63) is 29.3 Å². The number of hydrogen-bond donors (Lipinski definition) is 2. The molecular formula is C12H18N2O4S. The van der Waals surface area contributed by atoms with Gasteiger partial charge in [-0.1, -0.05) is 17.3 Å². The van der Waals surface area contributed by atoms with Crippen LogP contribution in [0.5, 0.6) is 5.75 Å². The fraction of sp³-hybridized carbons (Fsp3) is 0.417. The van der Waals surface area contributed by atoms with E-state index in [1.54, 1.807) is 18.2 Å². The molecular weight excluding hydrogens is 268 g/mol. The molecule has 0 aromatic heterocycles. The Labute approximate surface area is 112 Å². The lowest BCUT2D eigenvalue weighted by atomic mass is 10.1. The van der Waals surface area contributed by atoms with E-state index < -0.39 is 9.84 Å². The summed E-state index contributed by atoms with van der Waals surface area (Å²) in [7, 11) is -2.97. The highest BCUT2D eigenvalue weighted by atomic mass is 32.2. The summed E-state index contributed by atoms with van der Waals surface area (Å²) >= 11 is 0. The van der Waals surface area contributed by atoms with Crippen LogP contribution in [0.15, 0.2) is 23.4 Å². The van der Waals surface area contributed by atoms with E-state index in [1.807, 2.05) is 6.92 Å². The van der Waals surface area contributed by atoms with Gasteiger partial charge < -0.3 is 15.7 Å². The van der Waals surface area contributed by atoms with E-state index in [1.165, 1.54) is 6.26 Å². The lowest BCUT2D eigenvalue weighted by Crippen LogP contribution is -2.13. The number of hydrogen-bond acceptors (Lipinski definition) is 5. The summed E-state index contributed by atoms with van der Waals surface area (Å²) < 4.78 is 27.5. The van der Waals surface area contributed by atoms with Crippen molar-refractivity contribution in [3.63, 3.8) is 0 Å². The molecule has 3 N–H and O–H groups in total. The molecule has 6 nitrogen and oxygen atoms in total. The van der Waals surface area contributed by atoms with Gasteiger partial charge in [0.1, 0.15) is 15.6 Å². The standard InChI is InChI=1S/C12H18N2O4S/c1-9-4-5-10(12(13)14-15)8-11(9)18-6-3-7-19(2,16)17/h4-5,8,15H,3,6-7H2,1-2H3,(H2,13,14). The summed E-state index contributed by atoms with van der Waals surface area (Å²) in [6, 6.07) is 5.16. The van der Waals surface area contributed by atoms with Gasteiger partial charge in [0.15, 0.2) is 5.84 Å². The number of rotatable bonds is 6. The first-order valence-corrected chi connectivity index (χ1v) is 7.78. The van der Waals surface area contributed by atoms with Crippen molar-refractivity contribution in [2.45, 2.75) is 13.3 Å². The summed E-state index contributed by atoms with van der Waals surface area (Å²) in [5, 5.41) is 11.5. The van der Waals surface area contributed by atoms with Gasteiger partial charge in [0, 0.05) is 11.8 Å². The van der Waals surface area contributed by atoms with Crippen LogP contribution in [0.3, 0.4) is 0 Å². The van der Waals surface area contributed by atoms with Gasteiger partial charge in [-0.15, -0.1) is 0 Å². The average Bonchev–Trinajstić information content (AvgIpc) is 2.34. The van der Waals surface area contributed by atoms with Gasteiger partial charge in [0.2, 0.25) is 0 Å². The summed E-state index contributed by atoms with van der Waals surface area (Å²) in [5.41, 5.74) is 6.93. The Morgan fingerprint density at radius 1 is 1.47 bits per heavy atom. The maximum Gasteiger partial charge on any atom is 0.170 e. The van der Waals surface area contributed by atoms with Crippen molar-refractivity contribution >= 4 is 15.7 Å². The molecule has 1 aromatic carbocycles. The molecule has 0 atom stereocenters. The Kier molecular flexibility index (Phi) is 5.17. The molecule has 0 amide bonds. The maximum absolute atomic E-state index is 11.0. The first kappa shape index (κ1) is 15.3. The number of benzene rings is 1. The van der Waals surface area contributed by atoms with Crippen molar-refractivity contribution in [1.82, 2.24) is 0 Å². The van der Waals surface area contributed by atoms with E-state index in [9.17, 15) is 8.42 Å². The number of nitrogens with zero attached hydrogens (tertiary/aromatic N) is 1. The van der Waals surface area contributed by atoms with Gasteiger partial charge in [0.05, 0.1) is 12.4 Å². The second kappa shape index (κ2) is 6.42. The predicted octanol–water partition coefficient (Wildman–Crippen LogP) is 0.903. The number of amidine groups is 1. The van der Waals surface area contributed by atoms with Crippen LogP contribution in [-0.2, 0) is 9.84 Å². The third-order valence-electron chi connectivity index (χ3n) is 2.51. The number of sulfone groups is 1. The molecule has 19 heavy (non-hydrogen) atoms. The van der Waals surface area contributed by atoms with E-state index >= 15 is 0 Å². The Bertz CT molecular complexity index is 567. The van der Waals surface area contributed by atoms with E-state index in [0.717, 1.165) is 5.56 Å². The number of oxime groups is 1. The molecule has 0 saturated carbocycles. The average molecular weight is 286 g/mol. The van der Waals surface area contributed by atoms with Crippen LogP contribution in [0.25, 0.3) is 0 Å². The fourth-order valence-corrected chi connectivity index (χ4v) is 2.12. The van der Waals surface area contributed by atoms with Crippen LogP contribution in [0, 0.1) is 6.92 Å². The lowest BCUT2D eigenvalue weighted by molar-refractivity contribution is 0.315. The molecule has 0 fully saturated rings. The summed E-state index contributed by atoms with van der Waals surface area (Å²) in [4.78, 5) is 0. The molecule has 0 bridgehead atoms. The predicted molar refractivity (Wildman–Crippen MR) is 73.5 cm³/mol. The van der Waals surface area contributed by atoms with Gasteiger partial charge in [0.25, 0.3) is 0 Å². The third-order valence-corrected chi connectivity index (χ3v) is 3.54. The Hall–Kier alpha value is -1.76. The van der Waals surface area contributed by atoms with Crippen LogP contribution in [-0.4, -0.2) is 38.1 Å². The Morgan fingerprint density at radius 3 is 2.74 bits per heavy atom. The van der Waals surface area contributed by atoms with Gasteiger partial charge in [-0.2, -0.15) is 0 Å². The summed E-state index contributed by atoms with van der Waals surface area (Å²) in [5.74, 6) is 0.685. The second-order valence-corrected chi connectivity index (χ2v) is 6.56. The zero-order chi connectivity index (χ0) is 14.5. The van der Waals surface area contributed by atoms with Gasteiger partial charge in [-0.3, -0.25) is 0 Å². The molecule has 0 heterocycles. The highest BCUT2D eigenvalue weighted by molar-refractivity contribution is 7.90. The van der Waals surface area contributed by atoms with Gasteiger partial charge in [-0.05, 0) is 25.0 Å². The normalized spacial score (nSPS) is 12.4. The first-order chi connectivity index (χ1) is 8.83. The smallest absolute Gasteiger partial charge is 0.170 e. The Morgan fingerprint density at radius 2 is 2.16 bits per heavy atom. The molecule has 1 rings (SSSR count). The van der Waals surface area contributed by atoms with Crippen LogP contribution < -0.4 is 10.5 Å². The quantitative estimate of drug-likeness (QED) is 0.266. The van der Waals surface area contributed by atoms with E-state index in [4.69, 9.17) is 15.7 Å². The zero-order valence-corrected chi connectivity index (χ0v) is 11.8. The molecule has 0 unspecified atom stereocenters. The van der Waals surface area contributed by atoms with Gasteiger partial charge in [-0.25, -0.2) is 8.42 Å². The molecule has 0 spiro atoms. The highest BCUT2D eigenvalue weighted by Gasteiger charge is 2.06. The molecule has 0 aliphatic carbocycles. The van der Waals surface area contributed by atoms with Gasteiger partial charge >= 0.3 is 0 Å². The van der Waals surface area contributed by atoms with Crippen molar-refractivity contribution in [2.75, 3.05) is 18.6 Å². The van der Waals surface area contributed by atoms with Crippen LogP contribution in [0.4, 0.5) is 0 Å². The molecule has 1 aromatic rings. The molecule has 7 heteroatoms. The van der Waals surface area contributed by atoms with E-state index in [-0.39, 0.29) is 11.6 Å². The molecule has 0 radical (unpaired) electrons. The molecule has 0 saturated heterocycles. The first-order valence-electron chi connectivity index (χ1n) is 5.72. The largest absolute Gasteiger partial charge is 0.493 e. The van der Waals surface area contributed by atoms with Crippen molar-refractivity contribution in [1.29, 1.82) is 0 Å². The van der Waals surface area contributed by atoms with E-state index in [2.05, 4.69) is 5.16 Å². The lowest BCUT2D eigenvalue weighted by Gasteiger charge is -2.10. The minimum Gasteiger partial charge on any atom is -0.493 e.